The Morgan fingerprint density at radius 2 is 1.86 bits per heavy atom. The van der Waals surface area contributed by atoms with Crippen LogP contribution in [0.4, 0.5) is 33.9 Å². The third kappa shape index (κ3) is 6.56. The molecule has 2 aliphatic rings. The number of nitrogens with zero attached hydrogens (tertiary/aromatic N) is 6. The number of rotatable bonds is 6. The van der Waals surface area contributed by atoms with Crippen molar-refractivity contribution >= 4 is 28.4 Å². The van der Waals surface area contributed by atoms with Crippen molar-refractivity contribution in [3.05, 3.63) is 76.7 Å². The number of fused-ring (bicyclic) bond motifs is 1. The largest absolute Gasteiger partial charge is 0.445 e. The van der Waals surface area contributed by atoms with Crippen LogP contribution in [-0.4, -0.2) is 63.6 Å². The maximum absolute atomic E-state index is 14.3. The average molecular weight is 617 g/mol. The summed E-state index contributed by atoms with van der Waals surface area (Å²) in [5.74, 6) is -0.899. The van der Waals surface area contributed by atoms with Gasteiger partial charge in [-0.25, -0.2) is 19.2 Å². The van der Waals surface area contributed by atoms with Crippen LogP contribution in [0.5, 0.6) is 0 Å². The van der Waals surface area contributed by atoms with Crippen LogP contribution in [0.25, 0.3) is 0 Å². The van der Waals surface area contributed by atoms with Gasteiger partial charge >= 0.3 is 12.3 Å². The van der Waals surface area contributed by atoms with Gasteiger partial charge in [0.2, 0.25) is 5.16 Å². The lowest BCUT2D eigenvalue weighted by Crippen LogP contribution is -2.56. The summed E-state index contributed by atoms with van der Waals surface area (Å²) < 4.78 is 73.6. The van der Waals surface area contributed by atoms with Crippen LogP contribution in [0.1, 0.15) is 28.8 Å². The number of ether oxygens (including phenoxy) is 1. The molecule has 2 atom stereocenters. The number of amides is 1. The molecule has 43 heavy (non-hydrogen) atoms. The van der Waals surface area contributed by atoms with E-state index in [-0.39, 0.29) is 56.5 Å². The Labute approximate surface area is 248 Å². The lowest BCUT2D eigenvalue weighted by atomic mass is 10.0. The monoisotopic (exact) mass is 616 g/mol. The molecule has 3 aromatic rings. The standard InChI is InChI=1S/C29H28F4N6O3S/c1-43(41)27-35-23-17-37(24-9-5-8-22(30)25(24)29(31,32)33)13-11-21(23)26(36-27)38-14-15-39(20(16-38)10-12-34)28(40)42-18-19-6-3-2-4-7-19/h2-9,20H,10-11,13-18H2,1H3/t20-,43?/m0/s1. The predicted octanol–water partition coefficient (Wildman–Crippen LogP) is 4.68. The van der Waals surface area contributed by atoms with E-state index in [4.69, 9.17) is 4.74 Å². The molecule has 2 aliphatic heterocycles. The Bertz CT molecular complexity index is 1570. The van der Waals surface area contributed by atoms with E-state index in [1.54, 1.807) is 0 Å². The second kappa shape index (κ2) is 12.5. The summed E-state index contributed by atoms with van der Waals surface area (Å²) in [6.45, 7) is 0.940. The van der Waals surface area contributed by atoms with Gasteiger partial charge in [-0.05, 0) is 24.1 Å². The minimum atomic E-state index is -4.90. The lowest BCUT2D eigenvalue weighted by Gasteiger charge is -2.42. The molecule has 1 aromatic heterocycles. The molecule has 2 aromatic carbocycles. The highest BCUT2D eigenvalue weighted by Gasteiger charge is 2.40. The summed E-state index contributed by atoms with van der Waals surface area (Å²) in [6, 6.07) is 14.0. The van der Waals surface area contributed by atoms with Crippen molar-refractivity contribution in [1.82, 2.24) is 14.9 Å². The second-order valence-corrected chi connectivity index (χ2v) is 11.5. The normalized spacial score (nSPS) is 17.7. The molecule has 14 heteroatoms. The van der Waals surface area contributed by atoms with Crippen LogP contribution in [0.15, 0.2) is 53.7 Å². The summed E-state index contributed by atoms with van der Waals surface area (Å²) in [6.07, 6.45) is -3.76. The molecular formula is C29H28F4N6O3S. The molecule has 9 nitrogen and oxygen atoms in total. The summed E-state index contributed by atoms with van der Waals surface area (Å²) in [5.41, 5.74) is 0.246. The molecule has 0 aliphatic carbocycles. The van der Waals surface area contributed by atoms with Gasteiger partial charge in [-0.3, -0.25) is 4.21 Å². The number of hydrogen-bond acceptors (Lipinski definition) is 8. The van der Waals surface area contributed by atoms with Gasteiger partial charge in [-0.2, -0.15) is 18.4 Å². The third-order valence-corrected chi connectivity index (χ3v) is 8.14. The zero-order valence-electron chi connectivity index (χ0n) is 23.2. The maximum atomic E-state index is 14.3. The van der Waals surface area contributed by atoms with Crippen molar-refractivity contribution < 1.29 is 31.3 Å². The lowest BCUT2D eigenvalue weighted by molar-refractivity contribution is -0.139. The third-order valence-electron chi connectivity index (χ3n) is 7.44. The van der Waals surface area contributed by atoms with E-state index in [1.807, 2.05) is 35.2 Å². The van der Waals surface area contributed by atoms with Crippen molar-refractivity contribution in [1.29, 1.82) is 5.26 Å². The van der Waals surface area contributed by atoms with Gasteiger partial charge in [0.1, 0.15) is 23.8 Å². The minimum Gasteiger partial charge on any atom is -0.445 e. The first-order chi connectivity index (χ1) is 20.6. The van der Waals surface area contributed by atoms with Crippen LogP contribution in [0, 0.1) is 17.1 Å². The SMILES string of the molecule is CS(=O)c1nc2c(c(N3CCN(C(=O)OCc4ccccc4)[C@@H](CC#N)C3)n1)CCN(c1cccc(F)c1C(F)(F)F)C2. The van der Waals surface area contributed by atoms with Gasteiger partial charge in [-0.15, -0.1) is 0 Å². The number of benzene rings is 2. The van der Waals surface area contributed by atoms with E-state index in [0.717, 1.165) is 11.6 Å². The number of anilines is 2. The molecule has 5 rings (SSSR count). The minimum absolute atomic E-state index is 0.00687. The van der Waals surface area contributed by atoms with Crippen LogP contribution < -0.4 is 9.80 Å². The number of carbonyl (C=O) groups excluding carboxylic acids is 1. The van der Waals surface area contributed by atoms with Gasteiger partial charge in [0.25, 0.3) is 0 Å². The number of carbonyl (C=O) groups is 1. The van der Waals surface area contributed by atoms with Crippen LogP contribution in [0.2, 0.25) is 0 Å². The van der Waals surface area contributed by atoms with E-state index in [1.165, 1.54) is 28.2 Å². The highest BCUT2D eigenvalue weighted by molar-refractivity contribution is 7.84. The summed E-state index contributed by atoms with van der Waals surface area (Å²) in [7, 11) is -1.61. The first kappa shape index (κ1) is 30.2. The van der Waals surface area contributed by atoms with Crippen LogP contribution in [0.3, 0.4) is 0 Å². The molecule has 226 valence electrons. The molecule has 1 saturated heterocycles. The summed E-state index contributed by atoms with van der Waals surface area (Å²) in [4.78, 5) is 26.8. The Morgan fingerprint density at radius 1 is 1.09 bits per heavy atom. The van der Waals surface area contributed by atoms with E-state index < -0.39 is 40.5 Å². The highest BCUT2D eigenvalue weighted by Crippen LogP contribution is 2.40. The number of aromatic nitrogens is 2. The second-order valence-electron chi connectivity index (χ2n) is 10.2. The van der Waals surface area contributed by atoms with Gasteiger partial charge in [0.05, 0.1) is 47.3 Å². The molecule has 1 amide bonds. The number of halogens is 4. The number of hydrogen-bond donors (Lipinski definition) is 0. The molecule has 0 saturated carbocycles. The summed E-state index contributed by atoms with van der Waals surface area (Å²) >= 11 is 0. The van der Waals surface area contributed by atoms with Crippen molar-refractivity contribution in [2.45, 2.75) is 43.4 Å². The average Bonchev–Trinajstić information content (AvgIpc) is 2.99. The molecule has 0 spiro atoms. The fourth-order valence-electron chi connectivity index (χ4n) is 5.41. The molecular weight excluding hydrogens is 588 g/mol. The van der Waals surface area contributed by atoms with Crippen molar-refractivity contribution in [2.24, 2.45) is 0 Å². The van der Waals surface area contributed by atoms with E-state index in [0.29, 0.717) is 23.6 Å². The molecule has 0 radical (unpaired) electrons. The topological polar surface area (TPSA) is 103 Å². The van der Waals surface area contributed by atoms with E-state index >= 15 is 0 Å². The Hall–Kier alpha value is -4.25. The molecule has 0 bridgehead atoms. The van der Waals surface area contributed by atoms with Crippen LogP contribution >= 0.6 is 0 Å². The van der Waals surface area contributed by atoms with Crippen molar-refractivity contribution in [3.8, 4) is 6.07 Å². The zero-order chi connectivity index (χ0) is 30.7. The van der Waals surface area contributed by atoms with E-state index in [9.17, 15) is 31.8 Å². The Morgan fingerprint density at radius 3 is 2.56 bits per heavy atom. The Balaban J connectivity index is 1.40. The van der Waals surface area contributed by atoms with Crippen molar-refractivity contribution in [2.75, 3.05) is 42.2 Å². The first-order valence-corrected chi connectivity index (χ1v) is 15.1. The van der Waals surface area contributed by atoms with E-state index in [2.05, 4.69) is 16.0 Å². The fraction of sp³-hybridized carbons (Fsp3) is 0.379. The molecule has 1 unspecified atom stereocenters. The molecule has 1 fully saturated rings. The summed E-state index contributed by atoms with van der Waals surface area (Å²) in [5, 5.41) is 9.51. The van der Waals surface area contributed by atoms with Gasteiger partial charge < -0.3 is 19.4 Å². The first-order valence-electron chi connectivity index (χ1n) is 13.5. The predicted molar refractivity (Wildman–Crippen MR) is 150 cm³/mol. The zero-order valence-corrected chi connectivity index (χ0v) is 24.0. The van der Waals surface area contributed by atoms with Gasteiger partial charge in [0, 0.05) is 38.0 Å². The van der Waals surface area contributed by atoms with Crippen LogP contribution in [-0.2, 0) is 41.3 Å². The fourth-order valence-corrected chi connectivity index (χ4v) is 5.87. The van der Waals surface area contributed by atoms with Gasteiger partial charge in [0.15, 0.2) is 0 Å². The molecule has 3 heterocycles. The smallest absolute Gasteiger partial charge is 0.421 e. The highest BCUT2D eigenvalue weighted by atomic mass is 32.2. The Kier molecular flexibility index (Phi) is 8.82. The number of alkyl halides is 3. The maximum Gasteiger partial charge on any atom is 0.421 e. The van der Waals surface area contributed by atoms with Gasteiger partial charge in [-0.1, -0.05) is 36.4 Å². The molecule has 0 N–H and O–H groups in total. The number of piperazine rings is 1. The van der Waals surface area contributed by atoms with Crippen molar-refractivity contribution in [3.63, 3.8) is 0 Å². The number of nitriles is 1. The quantitative estimate of drug-likeness (QED) is 0.291.